The molecule has 1 rings (SSSR count). The molecule has 1 fully saturated rings. The Kier molecular flexibility index (Phi) is 13.5. The summed E-state index contributed by atoms with van der Waals surface area (Å²) in [4.78, 5) is 0. The van der Waals surface area contributed by atoms with Crippen LogP contribution in [0.3, 0.4) is 0 Å². The Morgan fingerprint density at radius 2 is 1.14 bits per heavy atom. The second-order valence-electron chi connectivity index (χ2n) is 7.23. The fraction of sp³-hybridized carbons (Fsp3) is 1.00. The average molecular weight is 329 g/mol. The predicted molar refractivity (Wildman–Crippen MR) is 101 cm³/mol. The van der Waals surface area contributed by atoms with E-state index in [1.165, 1.54) is 109 Å². The van der Waals surface area contributed by atoms with Gasteiger partial charge < -0.3 is 0 Å². The Labute approximate surface area is 142 Å². The standard InChI is InChI=1S/C20H40OS/c1-2-3-4-5-6-7-8-9-10-11-12-16-19-22(21)20-17-14-13-15-18-20/h20H,2-19H2,1H3. The highest BCUT2D eigenvalue weighted by atomic mass is 32.2. The van der Waals surface area contributed by atoms with Crippen LogP contribution in [0.1, 0.15) is 116 Å². The van der Waals surface area contributed by atoms with E-state index in [0.717, 1.165) is 5.75 Å². The molecule has 0 radical (unpaired) electrons. The first-order valence-corrected chi connectivity index (χ1v) is 11.6. The van der Waals surface area contributed by atoms with Crippen molar-refractivity contribution in [2.45, 2.75) is 121 Å². The van der Waals surface area contributed by atoms with Crippen molar-refractivity contribution >= 4 is 10.8 Å². The summed E-state index contributed by atoms with van der Waals surface area (Å²) < 4.78 is 12.2. The summed E-state index contributed by atoms with van der Waals surface area (Å²) >= 11 is 0. The highest BCUT2D eigenvalue weighted by molar-refractivity contribution is 7.85. The average Bonchev–Trinajstić information content (AvgIpc) is 2.56. The molecule has 132 valence electrons. The van der Waals surface area contributed by atoms with Crippen molar-refractivity contribution in [1.29, 1.82) is 0 Å². The lowest BCUT2D eigenvalue weighted by atomic mass is 10.0. The summed E-state index contributed by atoms with van der Waals surface area (Å²) in [5, 5.41) is 0.543. The minimum Gasteiger partial charge on any atom is -0.259 e. The summed E-state index contributed by atoms with van der Waals surface area (Å²) in [6.45, 7) is 2.28. The minimum absolute atomic E-state index is 0.521. The molecule has 1 aliphatic rings. The zero-order chi connectivity index (χ0) is 15.9. The van der Waals surface area contributed by atoms with E-state index >= 15 is 0 Å². The lowest BCUT2D eigenvalue weighted by molar-refractivity contribution is 0.503. The summed E-state index contributed by atoms with van der Waals surface area (Å²) in [5.74, 6) is 0.974. The second-order valence-corrected chi connectivity index (χ2v) is 9.07. The quantitative estimate of drug-likeness (QED) is 0.322. The van der Waals surface area contributed by atoms with Crippen LogP contribution >= 0.6 is 0 Å². The maximum atomic E-state index is 12.2. The van der Waals surface area contributed by atoms with Gasteiger partial charge in [0.15, 0.2) is 0 Å². The Hall–Kier alpha value is 0.150. The van der Waals surface area contributed by atoms with Crippen molar-refractivity contribution in [2.24, 2.45) is 0 Å². The number of hydrogen-bond donors (Lipinski definition) is 0. The Morgan fingerprint density at radius 3 is 1.64 bits per heavy atom. The van der Waals surface area contributed by atoms with Crippen molar-refractivity contribution in [3.05, 3.63) is 0 Å². The lowest BCUT2D eigenvalue weighted by Gasteiger charge is -2.20. The van der Waals surface area contributed by atoms with Crippen molar-refractivity contribution in [3.8, 4) is 0 Å². The third-order valence-electron chi connectivity index (χ3n) is 5.12. The zero-order valence-corrected chi connectivity index (χ0v) is 15.9. The van der Waals surface area contributed by atoms with Gasteiger partial charge in [0.25, 0.3) is 0 Å². The first-order valence-electron chi connectivity index (χ1n) is 10.2. The van der Waals surface area contributed by atoms with Crippen LogP contribution in [-0.4, -0.2) is 15.2 Å². The lowest BCUT2D eigenvalue weighted by Crippen LogP contribution is -2.20. The molecule has 0 aliphatic heterocycles. The van der Waals surface area contributed by atoms with Crippen LogP contribution in [0.4, 0.5) is 0 Å². The molecule has 0 bridgehead atoms. The van der Waals surface area contributed by atoms with Gasteiger partial charge in [0, 0.05) is 21.8 Å². The molecule has 1 unspecified atom stereocenters. The van der Waals surface area contributed by atoms with Gasteiger partial charge in [-0.25, -0.2) is 0 Å². The molecule has 0 amide bonds. The summed E-state index contributed by atoms with van der Waals surface area (Å²) in [5.41, 5.74) is 0. The molecule has 1 aliphatic carbocycles. The normalized spacial score (nSPS) is 17.7. The Balaban J connectivity index is 1.78. The summed E-state index contributed by atoms with van der Waals surface area (Å²) in [6, 6.07) is 0. The van der Waals surface area contributed by atoms with E-state index in [2.05, 4.69) is 6.92 Å². The van der Waals surface area contributed by atoms with Gasteiger partial charge in [-0.15, -0.1) is 0 Å². The van der Waals surface area contributed by atoms with E-state index in [0.29, 0.717) is 5.25 Å². The van der Waals surface area contributed by atoms with E-state index in [-0.39, 0.29) is 0 Å². The van der Waals surface area contributed by atoms with Crippen LogP contribution in [0, 0.1) is 0 Å². The minimum atomic E-state index is -0.521. The van der Waals surface area contributed by atoms with Gasteiger partial charge in [-0.1, -0.05) is 96.8 Å². The van der Waals surface area contributed by atoms with Gasteiger partial charge in [-0.3, -0.25) is 4.21 Å². The molecular formula is C20H40OS. The molecule has 2 heteroatoms. The maximum Gasteiger partial charge on any atom is 0.0348 e. The van der Waals surface area contributed by atoms with Crippen LogP contribution in [0.25, 0.3) is 0 Å². The Bertz CT molecular complexity index is 258. The van der Waals surface area contributed by atoms with Crippen LogP contribution in [0.5, 0.6) is 0 Å². The molecule has 0 heterocycles. The van der Waals surface area contributed by atoms with Crippen LogP contribution in [0.2, 0.25) is 0 Å². The molecule has 0 saturated heterocycles. The number of rotatable bonds is 14. The first kappa shape index (κ1) is 20.2. The SMILES string of the molecule is CCCCCCCCCCCCCCS(=O)C1CCCCC1. The van der Waals surface area contributed by atoms with E-state index in [1.807, 2.05) is 0 Å². The van der Waals surface area contributed by atoms with Gasteiger partial charge >= 0.3 is 0 Å². The van der Waals surface area contributed by atoms with Gasteiger partial charge in [0.2, 0.25) is 0 Å². The second kappa shape index (κ2) is 14.7. The largest absolute Gasteiger partial charge is 0.259 e. The van der Waals surface area contributed by atoms with Crippen LogP contribution in [0.15, 0.2) is 0 Å². The molecule has 1 saturated carbocycles. The molecule has 1 atom stereocenters. The van der Waals surface area contributed by atoms with E-state index in [1.54, 1.807) is 0 Å². The topological polar surface area (TPSA) is 17.1 Å². The molecular weight excluding hydrogens is 288 g/mol. The van der Waals surface area contributed by atoms with Crippen molar-refractivity contribution in [1.82, 2.24) is 0 Å². The maximum absolute atomic E-state index is 12.2. The monoisotopic (exact) mass is 328 g/mol. The van der Waals surface area contributed by atoms with E-state index in [9.17, 15) is 4.21 Å². The molecule has 0 aromatic heterocycles. The Morgan fingerprint density at radius 1 is 0.682 bits per heavy atom. The molecule has 0 aromatic rings. The third-order valence-corrected chi connectivity index (χ3v) is 7.03. The molecule has 0 spiro atoms. The predicted octanol–water partition coefficient (Wildman–Crippen LogP) is 6.77. The van der Waals surface area contributed by atoms with E-state index < -0.39 is 10.8 Å². The molecule has 0 N–H and O–H groups in total. The van der Waals surface area contributed by atoms with Crippen LogP contribution < -0.4 is 0 Å². The smallest absolute Gasteiger partial charge is 0.0348 e. The van der Waals surface area contributed by atoms with Gasteiger partial charge in [-0.05, 0) is 19.3 Å². The van der Waals surface area contributed by atoms with Crippen molar-refractivity contribution < 1.29 is 4.21 Å². The fourth-order valence-corrected chi connectivity index (χ4v) is 5.26. The van der Waals surface area contributed by atoms with Gasteiger partial charge in [0.1, 0.15) is 0 Å². The van der Waals surface area contributed by atoms with E-state index in [4.69, 9.17) is 0 Å². The molecule has 22 heavy (non-hydrogen) atoms. The highest BCUT2D eigenvalue weighted by Crippen LogP contribution is 2.22. The van der Waals surface area contributed by atoms with Crippen molar-refractivity contribution in [2.75, 3.05) is 5.75 Å². The van der Waals surface area contributed by atoms with Crippen LogP contribution in [-0.2, 0) is 10.8 Å². The number of hydrogen-bond acceptors (Lipinski definition) is 1. The number of unbranched alkanes of at least 4 members (excludes halogenated alkanes) is 11. The summed E-state index contributed by atoms with van der Waals surface area (Å²) in [7, 11) is -0.521. The highest BCUT2D eigenvalue weighted by Gasteiger charge is 2.18. The van der Waals surface area contributed by atoms with Crippen molar-refractivity contribution in [3.63, 3.8) is 0 Å². The summed E-state index contributed by atoms with van der Waals surface area (Å²) in [6.07, 6.45) is 23.1. The van der Waals surface area contributed by atoms with Gasteiger partial charge in [0.05, 0.1) is 0 Å². The zero-order valence-electron chi connectivity index (χ0n) is 15.1. The van der Waals surface area contributed by atoms with Gasteiger partial charge in [-0.2, -0.15) is 0 Å². The molecule has 0 aromatic carbocycles. The third kappa shape index (κ3) is 10.8. The fourth-order valence-electron chi connectivity index (χ4n) is 3.58. The molecule has 1 nitrogen and oxygen atoms in total. The first-order chi connectivity index (χ1) is 10.8.